The number of nitrogens with two attached hydrogens (primary N) is 1. The fourth-order valence-electron chi connectivity index (χ4n) is 2.77. The number of ether oxygens (including phenoxy) is 2. The van der Waals surface area contributed by atoms with E-state index in [9.17, 15) is 0 Å². The molecule has 1 saturated heterocycles. The van der Waals surface area contributed by atoms with Crippen LogP contribution in [0.15, 0.2) is 12.1 Å². The summed E-state index contributed by atoms with van der Waals surface area (Å²) in [6.07, 6.45) is 3.50. The number of methoxy groups -OCH3 is 1. The maximum absolute atomic E-state index is 6.39. The van der Waals surface area contributed by atoms with Crippen molar-refractivity contribution in [3.05, 3.63) is 28.8 Å². The van der Waals surface area contributed by atoms with Gasteiger partial charge in [-0.3, -0.25) is 0 Å². The first-order valence-electron chi connectivity index (χ1n) is 6.66. The summed E-state index contributed by atoms with van der Waals surface area (Å²) in [6, 6.07) is 4.10. The summed E-state index contributed by atoms with van der Waals surface area (Å²) in [7, 11) is 1.70. The Morgan fingerprint density at radius 2 is 2.11 bits per heavy atom. The van der Waals surface area contributed by atoms with Crippen molar-refractivity contribution in [2.75, 3.05) is 13.7 Å². The van der Waals surface area contributed by atoms with E-state index in [1.54, 1.807) is 7.11 Å². The molecule has 1 aliphatic heterocycles. The molecule has 2 unspecified atom stereocenters. The summed E-state index contributed by atoms with van der Waals surface area (Å²) in [5.41, 5.74) is 9.87. The number of hydrogen-bond acceptors (Lipinski definition) is 3. The summed E-state index contributed by atoms with van der Waals surface area (Å²) >= 11 is 0. The molecule has 1 aromatic carbocycles. The van der Waals surface area contributed by atoms with Crippen molar-refractivity contribution >= 4 is 0 Å². The summed E-state index contributed by atoms with van der Waals surface area (Å²) in [5, 5.41) is 0. The second-order valence-electron chi connectivity index (χ2n) is 5.13. The Balaban J connectivity index is 2.30. The second-order valence-corrected chi connectivity index (χ2v) is 5.13. The van der Waals surface area contributed by atoms with Gasteiger partial charge in [0.05, 0.1) is 19.3 Å². The quantitative estimate of drug-likeness (QED) is 0.896. The molecule has 0 bridgehead atoms. The molecule has 0 radical (unpaired) electrons. The van der Waals surface area contributed by atoms with Gasteiger partial charge in [0.15, 0.2) is 0 Å². The third-order valence-electron chi connectivity index (χ3n) is 3.66. The summed E-state index contributed by atoms with van der Waals surface area (Å²) in [4.78, 5) is 0. The van der Waals surface area contributed by atoms with E-state index in [1.165, 1.54) is 17.5 Å². The van der Waals surface area contributed by atoms with E-state index in [0.29, 0.717) is 0 Å². The summed E-state index contributed by atoms with van der Waals surface area (Å²) < 4.78 is 11.3. The molecular formula is C15H23NO2. The van der Waals surface area contributed by atoms with Crippen LogP contribution in [0.5, 0.6) is 5.75 Å². The van der Waals surface area contributed by atoms with E-state index in [1.807, 2.05) is 6.07 Å². The average molecular weight is 249 g/mol. The molecule has 0 aliphatic carbocycles. The van der Waals surface area contributed by atoms with Gasteiger partial charge in [-0.1, -0.05) is 6.07 Å². The van der Waals surface area contributed by atoms with Gasteiger partial charge in [-0.05, 0) is 50.3 Å². The van der Waals surface area contributed by atoms with Crippen LogP contribution in [0, 0.1) is 13.8 Å². The lowest BCUT2D eigenvalue weighted by atomic mass is 9.91. The second kappa shape index (κ2) is 5.72. The van der Waals surface area contributed by atoms with E-state index in [2.05, 4.69) is 19.9 Å². The third-order valence-corrected chi connectivity index (χ3v) is 3.66. The zero-order valence-electron chi connectivity index (χ0n) is 11.5. The van der Waals surface area contributed by atoms with Crippen LogP contribution in [0.2, 0.25) is 0 Å². The minimum absolute atomic E-state index is 0.0964. The zero-order chi connectivity index (χ0) is 13.1. The number of benzene rings is 1. The maximum atomic E-state index is 6.39. The van der Waals surface area contributed by atoms with Gasteiger partial charge in [-0.15, -0.1) is 0 Å². The van der Waals surface area contributed by atoms with Crippen LogP contribution in [-0.2, 0) is 4.74 Å². The van der Waals surface area contributed by atoms with Crippen LogP contribution < -0.4 is 10.5 Å². The van der Waals surface area contributed by atoms with Crippen molar-refractivity contribution in [1.82, 2.24) is 0 Å². The highest BCUT2D eigenvalue weighted by Gasteiger charge is 2.26. The molecule has 0 amide bonds. The van der Waals surface area contributed by atoms with Gasteiger partial charge in [-0.25, -0.2) is 0 Å². The summed E-state index contributed by atoms with van der Waals surface area (Å²) in [5.74, 6) is 0.883. The number of aryl methyl sites for hydroxylation is 2. The zero-order valence-corrected chi connectivity index (χ0v) is 11.5. The van der Waals surface area contributed by atoms with Crippen molar-refractivity contribution in [1.29, 1.82) is 0 Å². The van der Waals surface area contributed by atoms with Gasteiger partial charge < -0.3 is 15.2 Å². The largest absolute Gasteiger partial charge is 0.496 e. The molecule has 0 aromatic heterocycles. The molecule has 1 aliphatic rings. The topological polar surface area (TPSA) is 44.5 Å². The number of hydrogen-bond donors (Lipinski definition) is 1. The van der Waals surface area contributed by atoms with E-state index in [0.717, 1.165) is 30.8 Å². The molecular weight excluding hydrogens is 226 g/mol. The maximum Gasteiger partial charge on any atom is 0.124 e. The van der Waals surface area contributed by atoms with Gasteiger partial charge in [-0.2, -0.15) is 0 Å². The molecule has 2 rings (SSSR count). The van der Waals surface area contributed by atoms with Crippen LogP contribution in [-0.4, -0.2) is 19.8 Å². The lowest BCUT2D eigenvalue weighted by Crippen LogP contribution is -2.32. The lowest BCUT2D eigenvalue weighted by Gasteiger charge is -2.30. The Hall–Kier alpha value is -1.06. The highest BCUT2D eigenvalue weighted by atomic mass is 16.5. The van der Waals surface area contributed by atoms with Crippen molar-refractivity contribution in [2.24, 2.45) is 5.73 Å². The van der Waals surface area contributed by atoms with E-state index in [4.69, 9.17) is 15.2 Å². The molecule has 2 N–H and O–H groups in total. The first-order valence-corrected chi connectivity index (χ1v) is 6.66. The molecule has 100 valence electrons. The molecule has 1 aromatic rings. The Bertz CT molecular complexity index is 411. The Morgan fingerprint density at radius 1 is 1.33 bits per heavy atom. The highest BCUT2D eigenvalue weighted by Crippen LogP contribution is 2.33. The van der Waals surface area contributed by atoms with Gasteiger partial charge in [0.1, 0.15) is 5.75 Å². The van der Waals surface area contributed by atoms with Crippen molar-refractivity contribution in [2.45, 2.75) is 45.3 Å². The van der Waals surface area contributed by atoms with E-state index in [-0.39, 0.29) is 12.1 Å². The molecule has 18 heavy (non-hydrogen) atoms. The smallest absolute Gasteiger partial charge is 0.124 e. The third kappa shape index (κ3) is 2.68. The predicted molar refractivity (Wildman–Crippen MR) is 73.0 cm³/mol. The van der Waals surface area contributed by atoms with Gasteiger partial charge >= 0.3 is 0 Å². The average Bonchev–Trinajstić information content (AvgIpc) is 2.38. The fourth-order valence-corrected chi connectivity index (χ4v) is 2.77. The summed E-state index contributed by atoms with van der Waals surface area (Å²) in [6.45, 7) is 4.99. The standard InChI is InChI=1S/C15H23NO2/c1-10-8-11(2)14(13(9-10)17-3)15(16)12-6-4-5-7-18-12/h8-9,12,15H,4-7,16H2,1-3H3. The minimum Gasteiger partial charge on any atom is -0.496 e. The van der Waals surface area contributed by atoms with Crippen LogP contribution in [0.4, 0.5) is 0 Å². The van der Waals surface area contributed by atoms with Crippen molar-refractivity contribution in [3.63, 3.8) is 0 Å². The highest BCUT2D eigenvalue weighted by molar-refractivity contribution is 5.45. The Labute approximate surface area is 109 Å². The predicted octanol–water partition coefficient (Wildman–Crippen LogP) is 2.88. The molecule has 0 spiro atoms. The SMILES string of the molecule is COc1cc(C)cc(C)c1C(N)C1CCCCO1. The molecule has 3 nitrogen and oxygen atoms in total. The monoisotopic (exact) mass is 249 g/mol. The van der Waals surface area contributed by atoms with Crippen molar-refractivity contribution < 1.29 is 9.47 Å². The first kappa shape index (κ1) is 13.4. The van der Waals surface area contributed by atoms with Crippen LogP contribution in [0.1, 0.15) is 42.0 Å². The number of rotatable bonds is 3. The van der Waals surface area contributed by atoms with Crippen LogP contribution in [0.25, 0.3) is 0 Å². The van der Waals surface area contributed by atoms with Gasteiger partial charge in [0.25, 0.3) is 0 Å². The van der Waals surface area contributed by atoms with Crippen molar-refractivity contribution in [3.8, 4) is 5.75 Å². The molecule has 3 heteroatoms. The molecule has 1 fully saturated rings. The molecule has 0 saturated carbocycles. The molecule has 1 heterocycles. The van der Waals surface area contributed by atoms with Gasteiger partial charge in [0.2, 0.25) is 0 Å². The minimum atomic E-state index is -0.0964. The molecule has 2 atom stereocenters. The normalized spacial score (nSPS) is 21.7. The lowest BCUT2D eigenvalue weighted by molar-refractivity contribution is -0.000508. The van der Waals surface area contributed by atoms with Gasteiger partial charge in [0, 0.05) is 12.2 Å². The van der Waals surface area contributed by atoms with Crippen LogP contribution >= 0.6 is 0 Å². The fraction of sp³-hybridized carbons (Fsp3) is 0.600. The van der Waals surface area contributed by atoms with E-state index < -0.39 is 0 Å². The van der Waals surface area contributed by atoms with Crippen LogP contribution in [0.3, 0.4) is 0 Å². The van der Waals surface area contributed by atoms with E-state index >= 15 is 0 Å². The Kier molecular flexibility index (Phi) is 4.25. The first-order chi connectivity index (χ1) is 8.63. The Morgan fingerprint density at radius 3 is 2.72 bits per heavy atom.